The van der Waals surface area contributed by atoms with Crippen molar-refractivity contribution in [2.75, 3.05) is 0 Å². The summed E-state index contributed by atoms with van der Waals surface area (Å²) >= 11 is 0. The number of benzene rings is 1. The largest absolute Gasteiger partial charge is 0.508 e. The highest BCUT2D eigenvalue weighted by Gasteiger charge is 2.33. The van der Waals surface area contributed by atoms with Crippen molar-refractivity contribution in [3.8, 4) is 17.1 Å². The number of aromatic hydroxyl groups is 1. The molecule has 7 nitrogen and oxygen atoms in total. The minimum Gasteiger partial charge on any atom is -0.508 e. The molecule has 0 saturated heterocycles. The fourth-order valence-electron chi connectivity index (χ4n) is 3.52. The second kappa shape index (κ2) is 6.21. The number of pyridine rings is 2. The van der Waals surface area contributed by atoms with Crippen molar-refractivity contribution in [1.29, 1.82) is 0 Å². The maximum atomic E-state index is 12.8. The Labute approximate surface area is 154 Å². The number of aliphatic hydroxyl groups excluding tert-OH is 1. The molecule has 2 aromatic heterocycles. The van der Waals surface area contributed by atoms with Crippen molar-refractivity contribution in [2.24, 2.45) is 0 Å². The highest BCUT2D eigenvalue weighted by atomic mass is 16.5. The standard InChI is InChI=1S/C18H12N2O5.C2H6/c21-10-1-2-13-8(4-10)3-9-6-20-14(15(9)19-13)5-11-12(17(20)23)7-25-18(24)16(11)22;1-2/h1-5,16,21-22H,6-7H2;1-2H3. The molecule has 1 atom stereocenters. The van der Waals surface area contributed by atoms with E-state index >= 15 is 0 Å². The van der Waals surface area contributed by atoms with Crippen molar-refractivity contribution in [1.82, 2.24) is 9.55 Å². The lowest BCUT2D eigenvalue weighted by molar-refractivity contribution is -0.157. The van der Waals surface area contributed by atoms with Crippen molar-refractivity contribution >= 4 is 16.9 Å². The molecule has 0 aliphatic carbocycles. The summed E-state index contributed by atoms with van der Waals surface area (Å²) in [5.74, 6) is -0.604. The third kappa shape index (κ3) is 2.50. The van der Waals surface area contributed by atoms with E-state index in [4.69, 9.17) is 4.74 Å². The van der Waals surface area contributed by atoms with Crippen LogP contribution in [0.3, 0.4) is 0 Å². The summed E-state index contributed by atoms with van der Waals surface area (Å²) in [5, 5.41) is 20.5. The minimum atomic E-state index is -1.45. The van der Waals surface area contributed by atoms with Gasteiger partial charge in [-0.1, -0.05) is 13.8 Å². The predicted octanol–water partition coefficient (Wildman–Crippen LogP) is 2.25. The maximum absolute atomic E-state index is 12.8. The number of phenols is 1. The Kier molecular flexibility index (Phi) is 3.96. The van der Waals surface area contributed by atoms with E-state index < -0.39 is 12.1 Å². The van der Waals surface area contributed by atoms with Crippen molar-refractivity contribution < 1.29 is 19.7 Å². The number of cyclic esters (lactones) is 1. The molecule has 1 unspecified atom stereocenters. The molecule has 0 fully saturated rings. The molecule has 0 amide bonds. The topological polar surface area (TPSA) is 102 Å². The van der Waals surface area contributed by atoms with E-state index in [1.807, 2.05) is 19.9 Å². The average Bonchev–Trinajstić information content (AvgIpc) is 3.03. The monoisotopic (exact) mass is 366 g/mol. The van der Waals surface area contributed by atoms with Crippen LogP contribution in [-0.4, -0.2) is 25.7 Å². The number of carbonyl (C=O) groups excluding carboxylic acids is 1. The van der Waals surface area contributed by atoms with E-state index in [1.54, 1.807) is 28.8 Å². The van der Waals surface area contributed by atoms with Gasteiger partial charge in [-0.3, -0.25) is 4.79 Å². The van der Waals surface area contributed by atoms with Gasteiger partial charge in [0.2, 0.25) is 0 Å². The van der Waals surface area contributed by atoms with E-state index in [2.05, 4.69) is 4.98 Å². The van der Waals surface area contributed by atoms with Crippen LogP contribution in [0.2, 0.25) is 0 Å². The summed E-state index contributed by atoms with van der Waals surface area (Å²) in [4.78, 5) is 29.0. The van der Waals surface area contributed by atoms with Crippen LogP contribution in [0.4, 0.5) is 0 Å². The fraction of sp³-hybridized carbons (Fsp3) is 0.250. The van der Waals surface area contributed by atoms with Crippen LogP contribution in [-0.2, 0) is 22.7 Å². The Balaban J connectivity index is 0.000000872. The Bertz CT molecular complexity index is 1150. The number of phenolic OH excluding ortho intramolecular Hbond substituents is 1. The molecule has 2 aliphatic heterocycles. The summed E-state index contributed by atoms with van der Waals surface area (Å²) in [6.07, 6.45) is -1.45. The van der Waals surface area contributed by atoms with Crippen LogP contribution in [0.1, 0.15) is 36.6 Å². The van der Waals surface area contributed by atoms with Crippen LogP contribution in [0.25, 0.3) is 22.3 Å². The third-order valence-corrected chi connectivity index (χ3v) is 4.76. The van der Waals surface area contributed by atoms with E-state index in [1.165, 1.54) is 0 Å². The molecule has 1 aromatic carbocycles. The molecule has 4 heterocycles. The third-order valence-electron chi connectivity index (χ3n) is 4.76. The van der Waals surface area contributed by atoms with Crippen LogP contribution in [0.15, 0.2) is 35.1 Å². The van der Waals surface area contributed by atoms with Gasteiger partial charge in [0.1, 0.15) is 12.4 Å². The zero-order valence-electron chi connectivity index (χ0n) is 14.9. The Morgan fingerprint density at radius 2 is 1.96 bits per heavy atom. The molecule has 27 heavy (non-hydrogen) atoms. The number of aromatic nitrogens is 2. The molecule has 0 spiro atoms. The number of fused-ring (bicyclic) bond motifs is 5. The smallest absolute Gasteiger partial charge is 0.340 e. The van der Waals surface area contributed by atoms with Gasteiger partial charge in [-0.05, 0) is 30.3 Å². The Hall–Kier alpha value is -3.19. The van der Waals surface area contributed by atoms with Gasteiger partial charge in [-0.25, -0.2) is 9.78 Å². The van der Waals surface area contributed by atoms with E-state index in [0.717, 1.165) is 10.9 Å². The Morgan fingerprint density at radius 3 is 2.74 bits per heavy atom. The fourth-order valence-corrected chi connectivity index (χ4v) is 3.52. The first-order chi connectivity index (χ1) is 13.0. The minimum absolute atomic E-state index is 0.135. The molecule has 0 saturated carbocycles. The maximum Gasteiger partial charge on any atom is 0.340 e. The molecule has 2 N–H and O–H groups in total. The summed E-state index contributed by atoms with van der Waals surface area (Å²) in [6.45, 7) is 4.21. The van der Waals surface area contributed by atoms with Crippen molar-refractivity contribution in [2.45, 2.75) is 33.1 Å². The Morgan fingerprint density at radius 1 is 1.19 bits per heavy atom. The van der Waals surface area contributed by atoms with Gasteiger partial charge in [-0.15, -0.1) is 0 Å². The molecule has 3 aromatic rings. The molecule has 7 heteroatoms. The van der Waals surface area contributed by atoms with Crippen LogP contribution in [0, 0.1) is 0 Å². The molecular weight excluding hydrogens is 348 g/mol. The first-order valence-electron chi connectivity index (χ1n) is 8.77. The molecule has 0 bridgehead atoms. The highest BCUT2D eigenvalue weighted by molar-refractivity contribution is 5.85. The van der Waals surface area contributed by atoms with Crippen LogP contribution < -0.4 is 5.56 Å². The summed E-state index contributed by atoms with van der Waals surface area (Å²) in [5.41, 5.74) is 3.05. The number of esters is 1. The normalized spacial score (nSPS) is 16.7. The molecule has 138 valence electrons. The number of nitrogens with zero attached hydrogens (tertiary/aromatic N) is 2. The number of aliphatic hydroxyl groups is 1. The van der Waals surface area contributed by atoms with Crippen molar-refractivity contribution in [3.05, 3.63) is 57.4 Å². The van der Waals surface area contributed by atoms with Gasteiger partial charge in [0.05, 0.1) is 29.0 Å². The first kappa shape index (κ1) is 17.2. The lowest BCUT2D eigenvalue weighted by Crippen LogP contribution is -2.32. The molecule has 2 aliphatic rings. The van der Waals surface area contributed by atoms with Crippen molar-refractivity contribution in [3.63, 3.8) is 0 Å². The van der Waals surface area contributed by atoms with Gasteiger partial charge < -0.3 is 19.5 Å². The van der Waals surface area contributed by atoms with E-state index in [0.29, 0.717) is 29.0 Å². The number of hydrogen-bond acceptors (Lipinski definition) is 6. The van der Waals surface area contributed by atoms with Gasteiger partial charge in [0.15, 0.2) is 6.10 Å². The van der Waals surface area contributed by atoms with E-state index in [-0.39, 0.29) is 23.5 Å². The lowest BCUT2D eigenvalue weighted by atomic mass is 10.0. The molecule has 5 rings (SSSR count). The quantitative estimate of drug-likeness (QED) is 0.463. The average molecular weight is 366 g/mol. The zero-order chi connectivity index (χ0) is 19.3. The predicted molar refractivity (Wildman–Crippen MR) is 98.3 cm³/mol. The first-order valence-corrected chi connectivity index (χ1v) is 8.77. The second-order valence-corrected chi connectivity index (χ2v) is 6.24. The number of ether oxygens (including phenoxy) is 1. The number of rotatable bonds is 0. The van der Waals surface area contributed by atoms with Crippen LogP contribution >= 0.6 is 0 Å². The van der Waals surface area contributed by atoms with Gasteiger partial charge in [0, 0.05) is 16.5 Å². The lowest BCUT2D eigenvalue weighted by Gasteiger charge is -2.21. The van der Waals surface area contributed by atoms with Gasteiger partial charge in [-0.2, -0.15) is 0 Å². The summed E-state index contributed by atoms with van der Waals surface area (Å²) < 4.78 is 6.44. The van der Waals surface area contributed by atoms with E-state index in [9.17, 15) is 19.8 Å². The van der Waals surface area contributed by atoms with Crippen LogP contribution in [0.5, 0.6) is 5.75 Å². The summed E-state index contributed by atoms with van der Waals surface area (Å²) in [6, 6.07) is 8.41. The summed E-state index contributed by atoms with van der Waals surface area (Å²) in [7, 11) is 0. The highest BCUT2D eigenvalue weighted by Crippen LogP contribution is 2.35. The second-order valence-electron chi connectivity index (χ2n) is 6.24. The molecule has 0 radical (unpaired) electrons. The van der Waals surface area contributed by atoms with Gasteiger partial charge >= 0.3 is 5.97 Å². The number of carbonyl (C=O) groups is 1. The van der Waals surface area contributed by atoms with Gasteiger partial charge in [0.25, 0.3) is 5.56 Å². The molecular formula is C20H18N2O5. The zero-order valence-corrected chi connectivity index (χ0v) is 14.9. The SMILES string of the molecule is CC.O=C1OCc2c(cc3n(c2=O)Cc2cc4cc(O)ccc4nc2-3)C1O. The number of hydrogen-bond donors (Lipinski definition) is 2.